The van der Waals surface area contributed by atoms with Crippen molar-refractivity contribution >= 4 is 16.9 Å². The number of carbonyl (C=O) groups excluding carboxylic acids is 1. The maximum Gasteiger partial charge on any atom is 0.223 e. The third kappa shape index (κ3) is 3.74. The molecular formula is C22H26N4O. The molecule has 2 heterocycles. The van der Waals surface area contributed by atoms with Crippen molar-refractivity contribution < 1.29 is 4.79 Å². The number of benzene rings is 2. The van der Waals surface area contributed by atoms with E-state index in [1.807, 2.05) is 41.3 Å². The predicted octanol–water partition coefficient (Wildman–Crippen LogP) is 3.16. The molecular weight excluding hydrogens is 336 g/mol. The van der Waals surface area contributed by atoms with E-state index in [1.165, 1.54) is 0 Å². The molecule has 0 saturated carbocycles. The average molecular weight is 362 g/mol. The average Bonchev–Trinajstić information content (AvgIpc) is 3.11. The second-order valence-electron chi connectivity index (χ2n) is 7.25. The van der Waals surface area contributed by atoms with E-state index in [9.17, 15) is 4.79 Å². The Kier molecular flexibility index (Phi) is 5.21. The van der Waals surface area contributed by atoms with Crippen molar-refractivity contribution in [2.45, 2.75) is 25.7 Å². The van der Waals surface area contributed by atoms with Crippen molar-refractivity contribution in [3.8, 4) is 5.69 Å². The van der Waals surface area contributed by atoms with Gasteiger partial charge < -0.3 is 10.6 Å². The quantitative estimate of drug-likeness (QED) is 0.758. The molecule has 0 bridgehead atoms. The Balaban J connectivity index is 1.53. The van der Waals surface area contributed by atoms with Crippen molar-refractivity contribution in [2.75, 3.05) is 19.6 Å². The molecule has 140 valence electrons. The van der Waals surface area contributed by atoms with E-state index in [1.54, 1.807) is 0 Å². The molecule has 27 heavy (non-hydrogen) atoms. The first-order valence-corrected chi connectivity index (χ1v) is 9.76. The first-order chi connectivity index (χ1) is 13.3. The fraction of sp³-hybridized carbons (Fsp3) is 0.364. The molecule has 0 unspecified atom stereocenters. The summed E-state index contributed by atoms with van der Waals surface area (Å²) in [6.45, 7) is 2.38. The topological polar surface area (TPSA) is 64.2 Å². The third-order valence-corrected chi connectivity index (χ3v) is 5.51. The minimum Gasteiger partial charge on any atom is -0.343 e. The van der Waals surface area contributed by atoms with Crippen molar-refractivity contribution in [2.24, 2.45) is 11.7 Å². The van der Waals surface area contributed by atoms with Crippen LogP contribution in [-0.2, 0) is 11.2 Å². The lowest BCUT2D eigenvalue weighted by atomic mass is 9.97. The van der Waals surface area contributed by atoms with Crippen LogP contribution >= 0.6 is 0 Å². The minimum absolute atomic E-state index is 0.220. The Hall–Kier alpha value is -2.66. The number of fused-ring (bicyclic) bond motifs is 1. The molecule has 0 aliphatic carbocycles. The molecule has 1 fully saturated rings. The summed E-state index contributed by atoms with van der Waals surface area (Å²) in [5.41, 5.74) is 8.88. The van der Waals surface area contributed by atoms with Gasteiger partial charge in [0, 0.05) is 31.6 Å². The number of hydrogen-bond donors (Lipinski definition) is 1. The van der Waals surface area contributed by atoms with Crippen LogP contribution < -0.4 is 5.73 Å². The van der Waals surface area contributed by atoms with Crippen LogP contribution in [0.15, 0.2) is 54.6 Å². The number of carbonyl (C=O) groups is 1. The van der Waals surface area contributed by atoms with Crippen LogP contribution in [0.3, 0.4) is 0 Å². The first-order valence-electron chi connectivity index (χ1n) is 9.76. The summed E-state index contributed by atoms with van der Waals surface area (Å²) in [6, 6.07) is 18.4. The van der Waals surface area contributed by atoms with Gasteiger partial charge in [0.2, 0.25) is 5.91 Å². The summed E-state index contributed by atoms with van der Waals surface area (Å²) >= 11 is 0. The minimum atomic E-state index is 0.220. The number of nitrogens with two attached hydrogens (primary N) is 1. The van der Waals surface area contributed by atoms with Crippen molar-refractivity contribution in [3.63, 3.8) is 0 Å². The molecule has 1 aliphatic rings. The van der Waals surface area contributed by atoms with E-state index in [0.29, 0.717) is 18.8 Å². The lowest BCUT2D eigenvalue weighted by molar-refractivity contribution is -0.132. The van der Waals surface area contributed by atoms with Crippen LogP contribution in [0.2, 0.25) is 0 Å². The Morgan fingerprint density at radius 3 is 2.48 bits per heavy atom. The van der Waals surface area contributed by atoms with E-state index in [0.717, 1.165) is 55.0 Å². The van der Waals surface area contributed by atoms with Gasteiger partial charge in [0.1, 0.15) is 5.82 Å². The number of hydrogen-bond acceptors (Lipinski definition) is 3. The van der Waals surface area contributed by atoms with Gasteiger partial charge in [0.15, 0.2) is 0 Å². The van der Waals surface area contributed by atoms with E-state index < -0.39 is 0 Å². The lowest BCUT2D eigenvalue weighted by Crippen LogP contribution is -2.40. The van der Waals surface area contributed by atoms with Crippen molar-refractivity contribution in [1.29, 1.82) is 0 Å². The fourth-order valence-electron chi connectivity index (χ4n) is 3.90. The van der Waals surface area contributed by atoms with E-state index in [2.05, 4.69) is 22.8 Å². The molecule has 2 N–H and O–H groups in total. The Morgan fingerprint density at radius 2 is 1.74 bits per heavy atom. The zero-order valence-corrected chi connectivity index (χ0v) is 15.6. The Bertz CT molecular complexity index is 910. The molecule has 2 aromatic carbocycles. The molecule has 4 rings (SSSR count). The van der Waals surface area contributed by atoms with Crippen LogP contribution in [0.25, 0.3) is 16.7 Å². The second-order valence-corrected chi connectivity index (χ2v) is 7.25. The van der Waals surface area contributed by atoms with Crippen LogP contribution in [0.1, 0.15) is 25.1 Å². The Morgan fingerprint density at radius 1 is 1.04 bits per heavy atom. The number of para-hydroxylation sites is 3. The molecule has 1 aromatic heterocycles. The molecule has 0 radical (unpaired) electrons. The van der Waals surface area contributed by atoms with Gasteiger partial charge in [0.05, 0.1) is 11.0 Å². The van der Waals surface area contributed by atoms with E-state index in [4.69, 9.17) is 10.7 Å². The van der Waals surface area contributed by atoms with Crippen LogP contribution in [-0.4, -0.2) is 40.0 Å². The van der Waals surface area contributed by atoms with E-state index in [-0.39, 0.29) is 5.91 Å². The number of piperidine rings is 1. The van der Waals surface area contributed by atoms with E-state index >= 15 is 0 Å². The molecule has 1 amide bonds. The zero-order valence-electron chi connectivity index (χ0n) is 15.6. The maximum absolute atomic E-state index is 12.7. The molecule has 0 spiro atoms. The smallest absolute Gasteiger partial charge is 0.223 e. The molecule has 3 aromatic rings. The lowest BCUT2D eigenvalue weighted by Gasteiger charge is -2.31. The number of aromatic nitrogens is 2. The highest BCUT2D eigenvalue weighted by molar-refractivity contribution is 5.79. The highest BCUT2D eigenvalue weighted by Gasteiger charge is 2.22. The molecule has 5 heteroatoms. The number of amides is 1. The molecule has 1 aliphatic heterocycles. The summed E-state index contributed by atoms with van der Waals surface area (Å²) in [6.07, 6.45) is 3.16. The van der Waals surface area contributed by atoms with Crippen LogP contribution in [0.4, 0.5) is 0 Å². The van der Waals surface area contributed by atoms with Gasteiger partial charge in [-0.2, -0.15) is 0 Å². The monoisotopic (exact) mass is 362 g/mol. The maximum atomic E-state index is 12.7. The highest BCUT2D eigenvalue weighted by atomic mass is 16.2. The standard InChI is InChI=1S/C22H26N4O/c23-16-17-12-14-25(15-13-17)22(27)11-10-21-24-19-8-4-5-9-20(19)26(21)18-6-2-1-3-7-18/h1-9,17H,10-16,23H2. The zero-order chi connectivity index (χ0) is 18.6. The summed E-state index contributed by atoms with van der Waals surface area (Å²) in [4.78, 5) is 19.5. The SMILES string of the molecule is NCC1CCN(C(=O)CCc2nc3ccccc3n2-c2ccccc2)CC1. The van der Waals surface area contributed by atoms with Gasteiger partial charge in [-0.25, -0.2) is 4.98 Å². The molecule has 1 saturated heterocycles. The number of imidazole rings is 1. The van der Waals surface area contributed by atoms with Gasteiger partial charge in [-0.1, -0.05) is 30.3 Å². The second kappa shape index (κ2) is 7.92. The first kappa shape index (κ1) is 17.7. The number of nitrogens with zero attached hydrogens (tertiary/aromatic N) is 3. The van der Waals surface area contributed by atoms with Crippen LogP contribution in [0.5, 0.6) is 0 Å². The largest absolute Gasteiger partial charge is 0.343 e. The number of likely N-dealkylation sites (tertiary alicyclic amines) is 1. The summed E-state index contributed by atoms with van der Waals surface area (Å²) in [7, 11) is 0. The number of aryl methyl sites for hydroxylation is 1. The molecule has 5 nitrogen and oxygen atoms in total. The fourth-order valence-corrected chi connectivity index (χ4v) is 3.90. The summed E-state index contributed by atoms with van der Waals surface area (Å²) in [5.74, 6) is 1.72. The highest BCUT2D eigenvalue weighted by Crippen LogP contribution is 2.23. The van der Waals surface area contributed by atoms with Gasteiger partial charge >= 0.3 is 0 Å². The predicted molar refractivity (Wildman–Crippen MR) is 108 cm³/mol. The summed E-state index contributed by atoms with van der Waals surface area (Å²) < 4.78 is 2.17. The normalized spacial score (nSPS) is 15.4. The van der Waals surface area contributed by atoms with Gasteiger partial charge in [-0.3, -0.25) is 9.36 Å². The third-order valence-electron chi connectivity index (χ3n) is 5.51. The van der Waals surface area contributed by atoms with Crippen molar-refractivity contribution in [1.82, 2.24) is 14.5 Å². The number of rotatable bonds is 5. The summed E-state index contributed by atoms with van der Waals surface area (Å²) in [5, 5.41) is 0. The van der Waals surface area contributed by atoms with Gasteiger partial charge in [-0.05, 0) is 49.6 Å². The van der Waals surface area contributed by atoms with Crippen LogP contribution in [0, 0.1) is 5.92 Å². The Labute approximate surface area is 159 Å². The molecule has 0 atom stereocenters. The van der Waals surface area contributed by atoms with Gasteiger partial charge in [-0.15, -0.1) is 0 Å². The van der Waals surface area contributed by atoms with Gasteiger partial charge in [0.25, 0.3) is 0 Å². The van der Waals surface area contributed by atoms with Crippen molar-refractivity contribution in [3.05, 3.63) is 60.4 Å².